The number of rotatable bonds is 5. The van der Waals surface area contributed by atoms with Gasteiger partial charge in [0.05, 0.1) is 4.92 Å². The number of nitrogens with zero attached hydrogens (tertiary/aromatic N) is 1. The molecule has 0 spiro atoms. The summed E-state index contributed by atoms with van der Waals surface area (Å²) in [5.74, 6) is -0.130. The Hall–Kier alpha value is -0.990. The number of halogens is 1. The van der Waals surface area contributed by atoms with Crippen LogP contribution in [0.15, 0.2) is 24.3 Å². The van der Waals surface area contributed by atoms with Crippen LogP contribution in [0.25, 0.3) is 0 Å². The molecule has 0 fully saturated rings. The standard InChI is InChI=1S/C10H12BrNO5S/c1-2-18(16,17)10(11)9(13)7-4-3-5-8(6-7)12(14)15/h3-6,9-10,13H,2H2,1H3. The van der Waals surface area contributed by atoms with Gasteiger partial charge in [-0.1, -0.05) is 35.0 Å². The average Bonchev–Trinajstić information content (AvgIpc) is 2.37. The quantitative estimate of drug-likeness (QED) is 0.501. The second-order valence-corrected chi connectivity index (χ2v) is 7.60. The van der Waals surface area contributed by atoms with Crippen LogP contribution in [-0.4, -0.2) is 28.4 Å². The normalized spacial score (nSPS) is 15.1. The molecule has 1 N–H and O–H groups in total. The minimum atomic E-state index is -3.48. The van der Waals surface area contributed by atoms with Crippen LogP contribution in [0.5, 0.6) is 0 Å². The van der Waals surface area contributed by atoms with Gasteiger partial charge in [-0.25, -0.2) is 8.42 Å². The molecule has 0 saturated heterocycles. The molecule has 0 aliphatic carbocycles. The van der Waals surface area contributed by atoms with E-state index in [4.69, 9.17) is 0 Å². The first-order valence-electron chi connectivity index (χ1n) is 5.07. The van der Waals surface area contributed by atoms with E-state index in [1.165, 1.54) is 25.1 Å². The largest absolute Gasteiger partial charge is 0.386 e. The van der Waals surface area contributed by atoms with Crippen LogP contribution in [0.2, 0.25) is 0 Å². The van der Waals surface area contributed by atoms with E-state index in [-0.39, 0.29) is 17.0 Å². The van der Waals surface area contributed by atoms with Gasteiger partial charge in [-0.05, 0) is 5.56 Å². The molecule has 0 radical (unpaired) electrons. The molecule has 0 aromatic heterocycles. The van der Waals surface area contributed by atoms with E-state index in [1.54, 1.807) is 0 Å². The van der Waals surface area contributed by atoms with Crippen LogP contribution in [0.1, 0.15) is 18.6 Å². The Morgan fingerprint density at radius 1 is 1.50 bits per heavy atom. The molecule has 2 atom stereocenters. The zero-order valence-corrected chi connectivity index (χ0v) is 11.9. The second kappa shape index (κ2) is 5.77. The van der Waals surface area contributed by atoms with Crippen molar-refractivity contribution in [1.29, 1.82) is 0 Å². The number of alkyl halides is 1. The van der Waals surface area contributed by atoms with E-state index in [0.717, 1.165) is 6.07 Å². The molecule has 100 valence electrons. The summed E-state index contributed by atoms with van der Waals surface area (Å²) in [5.41, 5.74) is -0.0109. The van der Waals surface area contributed by atoms with Crippen molar-refractivity contribution in [2.24, 2.45) is 0 Å². The van der Waals surface area contributed by atoms with E-state index in [2.05, 4.69) is 15.9 Å². The van der Waals surface area contributed by atoms with E-state index in [0.29, 0.717) is 0 Å². The topological polar surface area (TPSA) is 97.5 Å². The summed E-state index contributed by atoms with van der Waals surface area (Å²) < 4.78 is 22.0. The lowest BCUT2D eigenvalue weighted by Gasteiger charge is -2.17. The lowest BCUT2D eigenvalue weighted by molar-refractivity contribution is -0.385. The summed E-state index contributed by atoms with van der Waals surface area (Å²) in [6.07, 6.45) is -1.35. The Morgan fingerprint density at radius 2 is 2.11 bits per heavy atom. The van der Waals surface area contributed by atoms with Gasteiger partial charge in [0.25, 0.3) is 5.69 Å². The first-order valence-corrected chi connectivity index (χ1v) is 7.70. The number of aliphatic hydroxyl groups excluding tert-OH is 1. The number of hydrogen-bond donors (Lipinski definition) is 1. The Labute approximate surface area is 113 Å². The Morgan fingerprint density at radius 3 is 2.61 bits per heavy atom. The van der Waals surface area contributed by atoms with Crippen molar-refractivity contribution in [3.8, 4) is 0 Å². The highest BCUT2D eigenvalue weighted by molar-refractivity contribution is 9.11. The van der Waals surface area contributed by atoms with Crippen molar-refractivity contribution in [3.05, 3.63) is 39.9 Å². The number of nitro benzene ring substituents is 1. The molecule has 0 aliphatic heterocycles. The van der Waals surface area contributed by atoms with E-state index >= 15 is 0 Å². The number of nitro groups is 1. The van der Waals surface area contributed by atoms with Gasteiger partial charge in [-0.3, -0.25) is 10.1 Å². The summed E-state index contributed by atoms with van der Waals surface area (Å²) in [6, 6.07) is 5.27. The number of aliphatic hydroxyl groups is 1. The highest BCUT2D eigenvalue weighted by atomic mass is 79.9. The van der Waals surface area contributed by atoms with E-state index in [1.807, 2.05) is 0 Å². The maximum atomic E-state index is 11.6. The molecule has 8 heteroatoms. The summed E-state index contributed by atoms with van der Waals surface area (Å²) in [4.78, 5) is 9.99. The highest BCUT2D eigenvalue weighted by Gasteiger charge is 2.30. The SMILES string of the molecule is CCS(=O)(=O)C(Br)C(O)c1cccc([N+](=O)[O-])c1. The highest BCUT2D eigenvalue weighted by Crippen LogP contribution is 2.29. The summed E-state index contributed by atoms with van der Waals surface area (Å²) in [7, 11) is -3.48. The summed E-state index contributed by atoms with van der Waals surface area (Å²) in [6.45, 7) is 1.46. The molecule has 0 amide bonds. The van der Waals surface area contributed by atoms with Gasteiger partial charge in [0.15, 0.2) is 9.84 Å². The van der Waals surface area contributed by atoms with Gasteiger partial charge < -0.3 is 5.11 Å². The van der Waals surface area contributed by atoms with Crippen LogP contribution in [-0.2, 0) is 9.84 Å². The van der Waals surface area contributed by atoms with E-state index < -0.39 is 25.0 Å². The third-order valence-corrected chi connectivity index (χ3v) is 6.37. The Balaban J connectivity index is 3.08. The van der Waals surface area contributed by atoms with Crippen molar-refractivity contribution in [3.63, 3.8) is 0 Å². The maximum absolute atomic E-state index is 11.6. The van der Waals surface area contributed by atoms with Gasteiger partial charge in [0.1, 0.15) is 10.3 Å². The average molecular weight is 338 g/mol. The van der Waals surface area contributed by atoms with Crippen LogP contribution in [0, 0.1) is 10.1 Å². The first kappa shape index (κ1) is 15.1. The van der Waals surface area contributed by atoms with Crippen LogP contribution in [0.3, 0.4) is 0 Å². The van der Waals surface area contributed by atoms with Crippen molar-refractivity contribution >= 4 is 31.5 Å². The number of hydrogen-bond acceptors (Lipinski definition) is 5. The van der Waals surface area contributed by atoms with Crippen molar-refractivity contribution in [1.82, 2.24) is 0 Å². The summed E-state index contributed by atoms with van der Waals surface area (Å²) in [5, 5.41) is 20.5. The molecule has 0 saturated carbocycles. The van der Waals surface area contributed by atoms with Crippen LogP contribution in [0.4, 0.5) is 5.69 Å². The minimum Gasteiger partial charge on any atom is -0.386 e. The second-order valence-electron chi connectivity index (χ2n) is 3.60. The predicted octanol–water partition coefficient (Wildman–Crippen LogP) is 1.78. The van der Waals surface area contributed by atoms with Gasteiger partial charge in [0.2, 0.25) is 0 Å². The zero-order chi connectivity index (χ0) is 13.9. The lowest BCUT2D eigenvalue weighted by Crippen LogP contribution is -2.24. The number of benzene rings is 1. The van der Waals surface area contributed by atoms with Gasteiger partial charge in [-0.2, -0.15) is 0 Å². The predicted molar refractivity (Wildman–Crippen MR) is 70.2 cm³/mol. The molecule has 6 nitrogen and oxygen atoms in total. The zero-order valence-electron chi connectivity index (χ0n) is 9.48. The Bertz CT molecular complexity index is 545. The van der Waals surface area contributed by atoms with Crippen molar-refractivity contribution < 1.29 is 18.4 Å². The molecule has 1 rings (SSSR count). The molecule has 18 heavy (non-hydrogen) atoms. The molecule has 1 aromatic rings. The molecule has 0 aliphatic rings. The monoisotopic (exact) mass is 337 g/mol. The van der Waals surface area contributed by atoms with E-state index in [9.17, 15) is 23.6 Å². The molecule has 2 unspecified atom stereocenters. The third kappa shape index (κ3) is 3.27. The molecule has 0 heterocycles. The van der Waals surface area contributed by atoms with Crippen molar-refractivity contribution in [2.45, 2.75) is 17.2 Å². The smallest absolute Gasteiger partial charge is 0.269 e. The molecule has 0 bridgehead atoms. The molecule has 1 aromatic carbocycles. The number of non-ortho nitro benzene ring substituents is 1. The van der Waals surface area contributed by atoms with Gasteiger partial charge in [0, 0.05) is 17.9 Å². The third-order valence-electron chi connectivity index (χ3n) is 2.42. The molecular formula is C10H12BrNO5S. The van der Waals surface area contributed by atoms with Crippen LogP contribution >= 0.6 is 15.9 Å². The van der Waals surface area contributed by atoms with Crippen LogP contribution < -0.4 is 0 Å². The van der Waals surface area contributed by atoms with Crippen molar-refractivity contribution in [2.75, 3.05) is 5.75 Å². The minimum absolute atomic E-state index is 0.130. The fourth-order valence-corrected chi connectivity index (χ4v) is 3.30. The Kier molecular flexibility index (Phi) is 4.83. The van der Waals surface area contributed by atoms with Gasteiger partial charge >= 0.3 is 0 Å². The fourth-order valence-electron chi connectivity index (χ4n) is 1.33. The number of sulfone groups is 1. The maximum Gasteiger partial charge on any atom is 0.269 e. The first-order chi connectivity index (χ1) is 8.29. The lowest BCUT2D eigenvalue weighted by atomic mass is 10.1. The fraction of sp³-hybridized carbons (Fsp3) is 0.400. The molecular weight excluding hydrogens is 326 g/mol. The summed E-state index contributed by atoms with van der Waals surface area (Å²) >= 11 is 2.92. The van der Waals surface area contributed by atoms with Gasteiger partial charge in [-0.15, -0.1) is 0 Å².